The summed E-state index contributed by atoms with van der Waals surface area (Å²) in [4.78, 5) is 11.6. The first-order chi connectivity index (χ1) is 8.29. The van der Waals surface area contributed by atoms with E-state index in [1.807, 2.05) is 43.3 Å². The van der Waals surface area contributed by atoms with Crippen LogP contribution in [0, 0.1) is 0 Å². The molecule has 1 aromatic carbocycles. The van der Waals surface area contributed by atoms with E-state index in [1.54, 1.807) is 6.20 Å². The van der Waals surface area contributed by atoms with Crippen LogP contribution in [0.4, 0.5) is 4.79 Å². The van der Waals surface area contributed by atoms with Crippen molar-refractivity contribution in [1.29, 1.82) is 0 Å². The third-order valence-corrected chi connectivity index (χ3v) is 2.40. The second-order valence-corrected chi connectivity index (χ2v) is 3.65. The molecular weight excluding hydrogens is 216 g/mol. The van der Waals surface area contributed by atoms with Crippen molar-refractivity contribution < 1.29 is 9.53 Å². The van der Waals surface area contributed by atoms with Crippen LogP contribution >= 0.6 is 0 Å². The number of carbonyl (C=O) groups is 1. The summed E-state index contributed by atoms with van der Waals surface area (Å²) in [5.41, 5.74) is 1.84. The normalized spacial score (nSPS) is 10.2. The Hall–Kier alpha value is -2.10. The summed E-state index contributed by atoms with van der Waals surface area (Å²) in [5.74, 6) is 0. The molecule has 0 spiro atoms. The Morgan fingerprint density at radius 2 is 2.06 bits per heavy atom. The van der Waals surface area contributed by atoms with E-state index >= 15 is 0 Å². The molecule has 2 aromatic rings. The van der Waals surface area contributed by atoms with Crippen LogP contribution in [0.3, 0.4) is 0 Å². The van der Waals surface area contributed by atoms with Gasteiger partial charge in [-0.25, -0.2) is 4.79 Å². The van der Waals surface area contributed by atoms with E-state index in [0.717, 1.165) is 17.7 Å². The van der Waals surface area contributed by atoms with Crippen LogP contribution in [0.2, 0.25) is 0 Å². The number of carbonyl (C=O) groups excluding carboxylic acids is 1. The van der Waals surface area contributed by atoms with Gasteiger partial charge in [0.15, 0.2) is 0 Å². The largest absolute Gasteiger partial charge is 0.443 e. The number of rotatable bonds is 3. The van der Waals surface area contributed by atoms with Gasteiger partial charge in [-0.1, -0.05) is 37.3 Å². The molecule has 1 heterocycles. The number of ether oxygens (including phenoxy) is 1. The highest BCUT2D eigenvalue weighted by Gasteiger charge is 2.07. The number of aromatic nitrogens is 2. The van der Waals surface area contributed by atoms with Crippen molar-refractivity contribution in [2.45, 2.75) is 20.0 Å². The average Bonchev–Trinajstić information content (AvgIpc) is 2.86. The molecule has 0 amide bonds. The van der Waals surface area contributed by atoms with Crippen LogP contribution in [0.5, 0.6) is 0 Å². The van der Waals surface area contributed by atoms with Crippen LogP contribution in [-0.4, -0.2) is 15.9 Å². The predicted octanol–water partition coefficient (Wildman–Crippen LogP) is 2.63. The van der Waals surface area contributed by atoms with Crippen LogP contribution in [-0.2, 0) is 17.8 Å². The molecule has 0 aliphatic rings. The Morgan fingerprint density at radius 1 is 1.29 bits per heavy atom. The van der Waals surface area contributed by atoms with E-state index in [1.165, 1.54) is 4.68 Å². The van der Waals surface area contributed by atoms with Gasteiger partial charge in [-0.2, -0.15) is 9.78 Å². The second-order valence-electron chi connectivity index (χ2n) is 3.65. The number of hydrogen-bond donors (Lipinski definition) is 0. The summed E-state index contributed by atoms with van der Waals surface area (Å²) in [5, 5.41) is 4.08. The molecule has 0 N–H and O–H groups in total. The molecular formula is C13H14N2O2. The zero-order valence-corrected chi connectivity index (χ0v) is 9.67. The van der Waals surface area contributed by atoms with Gasteiger partial charge in [-0.15, -0.1) is 0 Å². The average molecular weight is 230 g/mol. The second kappa shape index (κ2) is 5.30. The van der Waals surface area contributed by atoms with Crippen molar-refractivity contribution in [3.8, 4) is 0 Å². The monoisotopic (exact) mass is 230 g/mol. The highest BCUT2D eigenvalue weighted by molar-refractivity contribution is 5.69. The third-order valence-electron chi connectivity index (χ3n) is 2.40. The lowest BCUT2D eigenvalue weighted by molar-refractivity contribution is 0.137. The Bertz CT molecular complexity index is 491. The lowest BCUT2D eigenvalue weighted by Crippen LogP contribution is -2.14. The Morgan fingerprint density at radius 3 is 2.71 bits per heavy atom. The fourth-order valence-corrected chi connectivity index (χ4v) is 1.44. The lowest BCUT2D eigenvalue weighted by atomic mass is 10.2. The molecule has 2 rings (SSSR count). The lowest BCUT2D eigenvalue weighted by Gasteiger charge is -2.03. The van der Waals surface area contributed by atoms with Crippen LogP contribution in [0.25, 0.3) is 0 Å². The van der Waals surface area contributed by atoms with Gasteiger partial charge in [-0.05, 0) is 18.1 Å². The minimum absolute atomic E-state index is 0.265. The molecule has 0 saturated carbocycles. The molecule has 0 aliphatic heterocycles. The maximum atomic E-state index is 11.6. The smallest absolute Gasteiger partial charge is 0.435 e. The Kier molecular flexibility index (Phi) is 3.55. The highest BCUT2D eigenvalue weighted by atomic mass is 16.6. The van der Waals surface area contributed by atoms with E-state index in [-0.39, 0.29) is 6.61 Å². The van der Waals surface area contributed by atoms with Gasteiger partial charge in [0, 0.05) is 6.20 Å². The number of benzene rings is 1. The molecule has 0 fully saturated rings. The molecule has 0 radical (unpaired) electrons. The van der Waals surface area contributed by atoms with Gasteiger partial charge in [-0.3, -0.25) is 0 Å². The first kappa shape index (κ1) is 11.4. The van der Waals surface area contributed by atoms with Crippen molar-refractivity contribution in [2.24, 2.45) is 0 Å². The number of nitrogens with zero attached hydrogens (tertiary/aromatic N) is 2. The van der Waals surface area contributed by atoms with E-state index in [4.69, 9.17) is 4.74 Å². The van der Waals surface area contributed by atoms with Gasteiger partial charge in [0.1, 0.15) is 6.61 Å². The van der Waals surface area contributed by atoms with Gasteiger partial charge >= 0.3 is 6.09 Å². The van der Waals surface area contributed by atoms with Gasteiger partial charge in [0.2, 0.25) is 0 Å². The van der Waals surface area contributed by atoms with Gasteiger partial charge < -0.3 is 4.74 Å². The minimum Gasteiger partial charge on any atom is -0.443 e. The van der Waals surface area contributed by atoms with Gasteiger partial charge in [0.25, 0.3) is 0 Å². The van der Waals surface area contributed by atoms with E-state index in [2.05, 4.69) is 5.10 Å². The molecule has 88 valence electrons. The van der Waals surface area contributed by atoms with E-state index in [0.29, 0.717) is 0 Å². The quantitative estimate of drug-likeness (QED) is 0.814. The molecule has 0 aliphatic carbocycles. The topological polar surface area (TPSA) is 44.1 Å². The standard InChI is InChI=1S/C13H14N2O2/c1-2-12-8-9-15(14-12)13(16)17-10-11-6-4-3-5-7-11/h3-9H,2,10H2,1H3. The third kappa shape index (κ3) is 2.93. The zero-order valence-electron chi connectivity index (χ0n) is 9.67. The van der Waals surface area contributed by atoms with E-state index in [9.17, 15) is 4.79 Å². The predicted molar refractivity (Wildman–Crippen MR) is 63.6 cm³/mol. The molecule has 1 aromatic heterocycles. The summed E-state index contributed by atoms with van der Waals surface area (Å²) >= 11 is 0. The van der Waals surface area contributed by atoms with Crippen molar-refractivity contribution in [3.05, 3.63) is 53.9 Å². The molecule has 0 bridgehead atoms. The van der Waals surface area contributed by atoms with E-state index < -0.39 is 6.09 Å². The number of aryl methyl sites for hydroxylation is 1. The first-order valence-corrected chi connectivity index (χ1v) is 5.55. The highest BCUT2D eigenvalue weighted by Crippen LogP contribution is 2.03. The van der Waals surface area contributed by atoms with Crippen LogP contribution in [0.1, 0.15) is 18.2 Å². The van der Waals surface area contributed by atoms with Gasteiger partial charge in [0.05, 0.1) is 5.69 Å². The van der Waals surface area contributed by atoms with Crippen molar-refractivity contribution in [1.82, 2.24) is 9.78 Å². The fraction of sp³-hybridized carbons (Fsp3) is 0.231. The zero-order chi connectivity index (χ0) is 12.1. The van der Waals surface area contributed by atoms with Crippen molar-refractivity contribution in [3.63, 3.8) is 0 Å². The maximum absolute atomic E-state index is 11.6. The molecule has 17 heavy (non-hydrogen) atoms. The maximum Gasteiger partial charge on any atom is 0.435 e. The Balaban J connectivity index is 1.93. The van der Waals surface area contributed by atoms with Crippen molar-refractivity contribution >= 4 is 6.09 Å². The van der Waals surface area contributed by atoms with Crippen LogP contribution < -0.4 is 0 Å². The molecule has 0 atom stereocenters. The SMILES string of the molecule is CCc1ccn(C(=O)OCc2ccccc2)n1. The summed E-state index contributed by atoms with van der Waals surface area (Å²) in [6, 6.07) is 11.4. The summed E-state index contributed by atoms with van der Waals surface area (Å²) < 4.78 is 6.36. The molecule has 0 unspecified atom stereocenters. The first-order valence-electron chi connectivity index (χ1n) is 5.55. The fourth-order valence-electron chi connectivity index (χ4n) is 1.44. The summed E-state index contributed by atoms with van der Waals surface area (Å²) in [6.45, 7) is 2.25. The summed E-state index contributed by atoms with van der Waals surface area (Å²) in [6.07, 6.45) is 1.97. The van der Waals surface area contributed by atoms with Crippen LogP contribution in [0.15, 0.2) is 42.6 Å². The molecule has 4 nitrogen and oxygen atoms in total. The van der Waals surface area contributed by atoms with Crippen molar-refractivity contribution in [2.75, 3.05) is 0 Å². The Labute approximate surface area is 99.8 Å². The number of hydrogen-bond acceptors (Lipinski definition) is 3. The molecule has 0 saturated heterocycles. The summed E-state index contributed by atoms with van der Waals surface area (Å²) in [7, 11) is 0. The molecule has 4 heteroatoms. The minimum atomic E-state index is -0.450.